The predicted molar refractivity (Wildman–Crippen MR) is 77.4 cm³/mol. The van der Waals surface area contributed by atoms with Crippen molar-refractivity contribution in [1.29, 1.82) is 0 Å². The van der Waals surface area contributed by atoms with Crippen LogP contribution in [0.1, 0.15) is 0 Å². The average Bonchev–Trinajstić information content (AvgIpc) is 2.45. The Labute approximate surface area is 121 Å². The summed E-state index contributed by atoms with van der Waals surface area (Å²) in [5.41, 5.74) is 1.60. The number of rotatable bonds is 2. The zero-order valence-corrected chi connectivity index (χ0v) is 11.4. The van der Waals surface area contributed by atoms with Gasteiger partial charge in [-0.3, -0.25) is 15.0 Å². The molecule has 0 atom stereocenters. The molecule has 110 valence electrons. The number of carboxylic acid groups (broad SMARTS) is 1. The third kappa shape index (κ3) is 3.38. The van der Waals surface area contributed by atoms with E-state index in [0.29, 0.717) is 24.9 Å². The number of hydrogen-bond acceptors (Lipinski definition) is 4. The quantitative estimate of drug-likeness (QED) is 0.787. The average molecular weight is 289 g/mol. The lowest BCUT2D eigenvalue weighted by Gasteiger charge is -2.35. The van der Waals surface area contributed by atoms with Crippen LogP contribution < -0.4 is 15.1 Å². The summed E-state index contributed by atoms with van der Waals surface area (Å²) >= 11 is 0. The fourth-order valence-electron chi connectivity index (χ4n) is 2.08. The maximum Gasteiger partial charge on any atom is 0.328 e. The Morgan fingerprint density at radius 3 is 2.48 bits per heavy atom. The lowest BCUT2D eigenvalue weighted by Crippen LogP contribution is -2.48. The van der Waals surface area contributed by atoms with Gasteiger partial charge in [0, 0.05) is 32.3 Å². The van der Waals surface area contributed by atoms with Crippen LogP contribution in [-0.4, -0.2) is 43.2 Å². The molecule has 1 aromatic carbocycles. The highest BCUT2D eigenvalue weighted by Crippen LogP contribution is 2.31. The van der Waals surface area contributed by atoms with Crippen LogP contribution in [0.15, 0.2) is 36.4 Å². The number of carbonyl (C=O) groups excluding carboxylic acids is 2. The Bertz CT molecular complexity index is 612. The van der Waals surface area contributed by atoms with Crippen molar-refractivity contribution in [2.45, 2.75) is 0 Å². The summed E-state index contributed by atoms with van der Waals surface area (Å²) in [4.78, 5) is 37.4. The van der Waals surface area contributed by atoms with Gasteiger partial charge in [-0.2, -0.15) is 0 Å². The van der Waals surface area contributed by atoms with Gasteiger partial charge in [-0.25, -0.2) is 9.59 Å². The first-order valence-corrected chi connectivity index (χ1v) is 6.32. The van der Waals surface area contributed by atoms with E-state index in [0.717, 1.165) is 11.8 Å². The van der Waals surface area contributed by atoms with Gasteiger partial charge in [0.05, 0.1) is 11.4 Å². The van der Waals surface area contributed by atoms with Gasteiger partial charge in [-0.1, -0.05) is 12.1 Å². The molecule has 0 aliphatic carbocycles. The monoisotopic (exact) mass is 289 g/mol. The number of nitrogens with zero attached hydrogens (tertiary/aromatic N) is 2. The number of fused-ring (bicyclic) bond motifs is 1. The summed E-state index contributed by atoms with van der Waals surface area (Å²) in [6.45, 7) is 1.08. The SMILES string of the molecule is CN1CCN(C(=O)NC(=O)C=CC(=O)O)c2ccccc21. The zero-order valence-electron chi connectivity index (χ0n) is 11.4. The van der Waals surface area contributed by atoms with Crippen LogP contribution in [-0.2, 0) is 9.59 Å². The number of urea groups is 1. The summed E-state index contributed by atoms with van der Waals surface area (Å²) in [5.74, 6) is -2.01. The molecule has 0 aromatic heterocycles. The summed E-state index contributed by atoms with van der Waals surface area (Å²) < 4.78 is 0. The molecular weight excluding hydrogens is 274 g/mol. The first-order valence-electron chi connectivity index (χ1n) is 6.32. The van der Waals surface area contributed by atoms with E-state index in [1.807, 2.05) is 30.1 Å². The molecule has 21 heavy (non-hydrogen) atoms. The van der Waals surface area contributed by atoms with E-state index >= 15 is 0 Å². The molecule has 1 aromatic rings. The maximum atomic E-state index is 12.1. The number of likely N-dealkylation sites (N-methyl/N-ethyl adjacent to an activating group) is 1. The van der Waals surface area contributed by atoms with Crippen molar-refractivity contribution in [2.75, 3.05) is 29.9 Å². The van der Waals surface area contributed by atoms with E-state index in [9.17, 15) is 14.4 Å². The minimum atomic E-state index is -1.25. The molecule has 1 aliphatic rings. The third-order valence-electron chi connectivity index (χ3n) is 3.10. The lowest BCUT2D eigenvalue weighted by molar-refractivity contribution is -0.131. The van der Waals surface area contributed by atoms with Crippen LogP contribution in [0, 0.1) is 0 Å². The first kappa shape index (κ1) is 14.6. The van der Waals surface area contributed by atoms with Gasteiger partial charge in [0.25, 0.3) is 5.91 Å². The molecule has 2 N–H and O–H groups in total. The predicted octanol–water partition coefficient (Wildman–Crippen LogP) is 0.820. The van der Waals surface area contributed by atoms with Crippen molar-refractivity contribution < 1.29 is 19.5 Å². The second kappa shape index (κ2) is 6.08. The zero-order chi connectivity index (χ0) is 15.4. The Morgan fingerprint density at radius 1 is 1.14 bits per heavy atom. The molecule has 7 heteroatoms. The second-order valence-electron chi connectivity index (χ2n) is 4.53. The largest absolute Gasteiger partial charge is 0.478 e. The molecule has 7 nitrogen and oxygen atoms in total. The molecule has 0 bridgehead atoms. The van der Waals surface area contributed by atoms with Crippen molar-refractivity contribution in [3.05, 3.63) is 36.4 Å². The molecule has 0 saturated heterocycles. The Morgan fingerprint density at radius 2 is 1.81 bits per heavy atom. The summed E-state index contributed by atoms with van der Waals surface area (Å²) in [6.07, 6.45) is 1.49. The first-order chi connectivity index (χ1) is 9.99. The molecule has 0 saturated carbocycles. The van der Waals surface area contributed by atoms with Crippen molar-refractivity contribution in [1.82, 2.24) is 5.32 Å². The van der Waals surface area contributed by atoms with Crippen molar-refractivity contribution in [3.63, 3.8) is 0 Å². The number of anilines is 2. The van der Waals surface area contributed by atoms with Crippen molar-refractivity contribution >= 4 is 29.3 Å². The van der Waals surface area contributed by atoms with Crippen LogP contribution >= 0.6 is 0 Å². The number of aliphatic carboxylic acids is 1. The standard InChI is InChI=1S/C14H15N3O4/c1-16-8-9-17(11-5-3-2-4-10(11)16)14(21)15-12(18)6-7-13(19)20/h2-7H,8-9H2,1H3,(H,19,20)(H,15,18,21). The maximum absolute atomic E-state index is 12.1. The summed E-state index contributed by atoms with van der Waals surface area (Å²) in [7, 11) is 1.93. The van der Waals surface area contributed by atoms with Crippen molar-refractivity contribution in [3.8, 4) is 0 Å². The van der Waals surface area contributed by atoms with E-state index in [1.54, 1.807) is 6.07 Å². The highest BCUT2D eigenvalue weighted by Gasteiger charge is 2.25. The summed E-state index contributed by atoms with van der Waals surface area (Å²) in [6, 6.07) is 6.79. The highest BCUT2D eigenvalue weighted by molar-refractivity contribution is 6.08. The third-order valence-corrected chi connectivity index (χ3v) is 3.10. The second-order valence-corrected chi connectivity index (χ2v) is 4.53. The van der Waals surface area contributed by atoms with E-state index in [2.05, 4.69) is 5.32 Å². The highest BCUT2D eigenvalue weighted by atomic mass is 16.4. The lowest BCUT2D eigenvalue weighted by atomic mass is 10.2. The van der Waals surface area contributed by atoms with E-state index in [-0.39, 0.29) is 0 Å². The topological polar surface area (TPSA) is 90.0 Å². The molecule has 1 heterocycles. The van der Waals surface area contributed by atoms with Gasteiger partial charge in [0.15, 0.2) is 0 Å². The van der Waals surface area contributed by atoms with Crippen LogP contribution in [0.5, 0.6) is 0 Å². The molecule has 0 spiro atoms. The molecule has 0 fully saturated rings. The number of imide groups is 1. The minimum absolute atomic E-state index is 0.440. The number of carbonyl (C=O) groups is 3. The fraction of sp³-hybridized carbons (Fsp3) is 0.214. The van der Waals surface area contributed by atoms with Gasteiger partial charge >= 0.3 is 12.0 Å². The van der Waals surface area contributed by atoms with Crippen LogP contribution in [0.3, 0.4) is 0 Å². The normalized spacial score (nSPS) is 14.0. The number of amides is 3. The van der Waals surface area contributed by atoms with Crippen molar-refractivity contribution in [2.24, 2.45) is 0 Å². The minimum Gasteiger partial charge on any atom is -0.478 e. The number of para-hydroxylation sites is 2. The van der Waals surface area contributed by atoms with Gasteiger partial charge < -0.3 is 10.0 Å². The van der Waals surface area contributed by atoms with Gasteiger partial charge in [0.1, 0.15) is 0 Å². The summed E-state index contributed by atoms with van der Waals surface area (Å²) in [5, 5.41) is 10.6. The van der Waals surface area contributed by atoms with Gasteiger partial charge in [0.2, 0.25) is 0 Å². The molecule has 2 rings (SSSR count). The smallest absolute Gasteiger partial charge is 0.328 e. The molecular formula is C14H15N3O4. The Balaban J connectivity index is 2.12. The number of nitrogens with one attached hydrogen (secondary N) is 1. The Kier molecular flexibility index (Phi) is 4.22. The van der Waals surface area contributed by atoms with E-state index in [4.69, 9.17) is 5.11 Å². The van der Waals surface area contributed by atoms with Crippen LogP contribution in [0.25, 0.3) is 0 Å². The van der Waals surface area contributed by atoms with Crippen LogP contribution in [0.2, 0.25) is 0 Å². The molecule has 1 aliphatic heterocycles. The van der Waals surface area contributed by atoms with Gasteiger partial charge in [-0.05, 0) is 12.1 Å². The molecule has 3 amide bonds. The number of carboxylic acids is 1. The molecule has 0 radical (unpaired) electrons. The number of hydrogen-bond donors (Lipinski definition) is 2. The fourth-order valence-corrected chi connectivity index (χ4v) is 2.08. The van der Waals surface area contributed by atoms with Gasteiger partial charge in [-0.15, -0.1) is 0 Å². The van der Waals surface area contributed by atoms with E-state index < -0.39 is 17.9 Å². The molecule has 0 unspecified atom stereocenters. The Hall–Kier alpha value is -2.83. The van der Waals surface area contributed by atoms with Crippen LogP contribution in [0.4, 0.5) is 16.2 Å². The number of benzene rings is 1. The van der Waals surface area contributed by atoms with E-state index in [1.165, 1.54) is 4.90 Å².